The van der Waals surface area contributed by atoms with Crippen molar-refractivity contribution in [1.82, 2.24) is 9.39 Å². The van der Waals surface area contributed by atoms with Crippen LogP contribution in [0.5, 0.6) is 5.75 Å². The number of hydrogen-bond donors (Lipinski definition) is 2. The van der Waals surface area contributed by atoms with Gasteiger partial charge in [0.2, 0.25) is 0 Å². The van der Waals surface area contributed by atoms with Crippen molar-refractivity contribution in [2.45, 2.75) is 94.9 Å². The van der Waals surface area contributed by atoms with E-state index in [2.05, 4.69) is 5.32 Å². The van der Waals surface area contributed by atoms with Gasteiger partial charge in [0.15, 0.2) is 0 Å². The van der Waals surface area contributed by atoms with E-state index in [1.165, 1.54) is 11.9 Å². The van der Waals surface area contributed by atoms with Crippen molar-refractivity contribution in [1.29, 1.82) is 0 Å². The molecule has 0 aromatic heterocycles. The summed E-state index contributed by atoms with van der Waals surface area (Å²) in [6, 6.07) is 7.37. The average molecular weight is 485 g/mol. The van der Waals surface area contributed by atoms with Crippen molar-refractivity contribution in [2.75, 3.05) is 0 Å². The maximum atomic E-state index is 14.0. The van der Waals surface area contributed by atoms with E-state index in [1.807, 2.05) is 38.1 Å². The summed E-state index contributed by atoms with van der Waals surface area (Å²) in [7, 11) is -3.57. The molecule has 1 saturated heterocycles. The molecule has 1 amide bonds. The lowest BCUT2D eigenvalue weighted by atomic mass is 9.95. The zero-order chi connectivity index (χ0) is 22.7. The first kappa shape index (κ1) is 23.9. The van der Waals surface area contributed by atoms with E-state index in [4.69, 9.17) is 13.8 Å². The van der Waals surface area contributed by atoms with Gasteiger partial charge in [0.05, 0.1) is 18.3 Å². The Morgan fingerprint density at radius 1 is 1.12 bits per heavy atom. The fraction of sp³-hybridized carbons (Fsp3) is 0.682. The Kier molecular flexibility index (Phi) is 7.73. The van der Waals surface area contributed by atoms with E-state index in [-0.39, 0.29) is 24.4 Å². The third kappa shape index (κ3) is 5.45. The van der Waals surface area contributed by atoms with Crippen molar-refractivity contribution in [2.24, 2.45) is 0 Å². The predicted molar refractivity (Wildman–Crippen MR) is 124 cm³/mol. The zero-order valence-corrected chi connectivity index (χ0v) is 20.4. The smallest absolute Gasteiger partial charge is 0.418 e. The topological polar surface area (TPSA) is 97.3 Å². The highest BCUT2D eigenvalue weighted by atomic mass is 32.2. The molecule has 178 valence electrons. The lowest BCUT2D eigenvalue weighted by Gasteiger charge is -2.33. The van der Waals surface area contributed by atoms with E-state index >= 15 is 0 Å². The largest absolute Gasteiger partial charge is 0.491 e. The van der Waals surface area contributed by atoms with E-state index in [9.17, 15) is 14.5 Å². The molecule has 0 spiro atoms. The van der Waals surface area contributed by atoms with Gasteiger partial charge in [-0.2, -0.15) is 0 Å². The average Bonchev–Trinajstić information content (AvgIpc) is 3.38. The molecule has 0 radical (unpaired) electrons. The summed E-state index contributed by atoms with van der Waals surface area (Å²) in [6.07, 6.45) is 6.09. The Morgan fingerprint density at radius 3 is 2.31 bits per heavy atom. The number of amides is 1. The number of nitrogens with one attached hydrogen (secondary N) is 1. The minimum Gasteiger partial charge on any atom is -0.491 e. The van der Waals surface area contributed by atoms with Crippen LogP contribution in [-0.2, 0) is 13.6 Å². The summed E-state index contributed by atoms with van der Waals surface area (Å²) in [4.78, 5) is 11.7. The van der Waals surface area contributed by atoms with Gasteiger partial charge < -0.3 is 15.2 Å². The lowest BCUT2D eigenvalue weighted by molar-refractivity contribution is 0.110. The summed E-state index contributed by atoms with van der Waals surface area (Å²) in [5.74, 6) is 0.598. The van der Waals surface area contributed by atoms with Gasteiger partial charge in [-0.15, -0.1) is 4.08 Å². The monoisotopic (exact) mass is 484 g/mol. The Morgan fingerprint density at radius 2 is 1.72 bits per heavy atom. The Hall–Kier alpha value is -1.25. The molecule has 1 aromatic carbocycles. The molecule has 2 saturated carbocycles. The van der Waals surface area contributed by atoms with Crippen LogP contribution in [0.1, 0.15) is 76.2 Å². The minimum atomic E-state index is -3.57. The van der Waals surface area contributed by atoms with E-state index in [0.29, 0.717) is 11.3 Å². The Bertz CT molecular complexity index is 831. The molecule has 1 aliphatic heterocycles. The number of hydrogen-bond acceptors (Lipinski definition) is 6. The molecule has 3 fully saturated rings. The second-order valence-electron chi connectivity index (χ2n) is 8.92. The molecule has 4 rings (SSSR count). The third-order valence-corrected chi connectivity index (χ3v) is 9.95. The number of nitrogens with zero attached hydrogens (tertiary/aromatic N) is 1. The number of carbonyl (C=O) groups is 1. The van der Waals surface area contributed by atoms with Crippen molar-refractivity contribution in [3.8, 4) is 5.75 Å². The molecule has 10 heteroatoms. The highest BCUT2D eigenvalue weighted by Crippen LogP contribution is 2.67. The van der Waals surface area contributed by atoms with Crippen LogP contribution < -0.4 is 10.1 Å². The van der Waals surface area contributed by atoms with Crippen LogP contribution >= 0.6 is 19.7 Å². The second kappa shape index (κ2) is 10.3. The molecule has 3 atom stereocenters. The first-order valence-corrected chi connectivity index (χ1v) is 13.9. The van der Waals surface area contributed by atoms with Crippen LogP contribution in [0.4, 0.5) is 4.79 Å². The minimum absolute atomic E-state index is 0.00209. The fourth-order valence-corrected chi connectivity index (χ4v) is 8.74. The fourth-order valence-electron chi connectivity index (χ4n) is 4.67. The number of ether oxygens (including phenoxy) is 1. The normalized spacial score (nSPS) is 29.2. The van der Waals surface area contributed by atoms with Crippen molar-refractivity contribution in [3.05, 3.63) is 29.8 Å². The summed E-state index contributed by atoms with van der Waals surface area (Å²) < 4.78 is 33.9. The second-order valence-corrected chi connectivity index (χ2v) is 12.1. The van der Waals surface area contributed by atoms with Gasteiger partial charge in [-0.05, 0) is 57.5 Å². The summed E-state index contributed by atoms with van der Waals surface area (Å²) in [6.45, 7) is 3.85. The summed E-state index contributed by atoms with van der Waals surface area (Å²) in [5.41, 5.74) is 0.680. The van der Waals surface area contributed by atoms with Crippen LogP contribution in [-0.4, -0.2) is 39.6 Å². The molecular weight excluding hydrogens is 451 g/mol. The Balaban J connectivity index is 1.64. The SMILES string of the molecule is CC(C)Oc1ccccc1C(NC(=O)O)SN(C1CCCC1)P1(=O)OC2CCCCC2O1. The third-order valence-electron chi connectivity index (χ3n) is 6.09. The van der Waals surface area contributed by atoms with Gasteiger partial charge >= 0.3 is 13.8 Å². The molecule has 2 N–H and O–H groups in total. The highest BCUT2D eigenvalue weighted by molar-refractivity contribution is 8.01. The molecule has 8 nitrogen and oxygen atoms in total. The maximum Gasteiger partial charge on any atom is 0.418 e. The van der Waals surface area contributed by atoms with E-state index in [1.54, 1.807) is 4.08 Å². The zero-order valence-electron chi connectivity index (χ0n) is 18.6. The van der Waals surface area contributed by atoms with Crippen LogP contribution in [0.25, 0.3) is 0 Å². The predicted octanol–water partition coefficient (Wildman–Crippen LogP) is 6.10. The molecule has 1 aromatic rings. The van der Waals surface area contributed by atoms with Gasteiger partial charge in [0, 0.05) is 11.6 Å². The van der Waals surface area contributed by atoms with Crippen LogP contribution in [0.3, 0.4) is 0 Å². The number of para-hydroxylation sites is 1. The summed E-state index contributed by atoms with van der Waals surface area (Å²) in [5, 5.41) is 11.5. The van der Waals surface area contributed by atoms with Crippen LogP contribution in [0.2, 0.25) is 0 Å². The molecular formula is C22H33N2O6PS. The molecule has 1 heterocycles. The first-order valence-electron chi connectivity index (χ1n) is 11.5. The Labute approximate surface area is 194 Å². The number of rotatable bonds is 8. The number of fused-ring (bicyclic) bond motifs is 1. The van der Waals surface area contributed by atoms with E-state index in [0.717, 1.165) is 51.4 Å². The van der Waals surface area contributed by atoms with Gasteiger partial charge in [0.25, 0.3) is 0 Å². The highest BCUT2D eigenvalue weighted by Gasteiger charge is 2.52. The van der Waals surface area contributed by atoms with Crippen molar-refractivity contribution < 1.29 is 28.3 Å². The number of carboxylic acid groups (broad SMARTS) is 1. The molecule has 3 unspecified atom stereocenters. The maximum absolute atomic E-state index is 14.0. The van der Waals surface area contributed by atoms with Crippen molar-refractivity contribution in [3.63, 3.8) is 0 Å². The summed E-state index contributed by atoms with van der Waals surface area (Å²) >= 11 is 1.20. The van der Waals surface area contributed by atoms with Crippen molar-refractivity contribution >= 4 is 25.8 Å². The molecule has 32 heavy (non-hydrogen) atoms. The molecule has 2 aliphatic carbocycles. The quantitative estimate of drug-likeness (QED) is 0.260. The van der Waals surface area contributed by atoms with Gasteiger partial charge in [-0.1, -0.05) is 43.9 Å². The lowest BCUT2D eigenvalue weighted by Crippen LogP contribution is -2.32. The van der Waals surface area contributed by atoms with E-state index < -0.39 is 19.2 Å². The first-order chi connectivity index (χ1) is 15.4. The van der Waals surface area contributed by atoms with Crippen LogP contribution in [0, 0.1) is 0 Å². The van der Waals surface area contributed by atoms with Gasteiger partial charge in [-0.3, -0.25) is 9.05 Å². The van der Waals surface area contributed by atoms with Gasteiger partial charge in [-0.25, -0.2) is 9.36 Å². The standard InChI is InChI=1S/C22H33N2O6PS/c1-15(2)28-18-12-6-5-11-17(18)21(23-22(25)26)32-24(16-9-3-4-10-16)31(27)29-19-13-7-8-14-20(19)30-31/h5-6,11-12,15-16,19-21,23H,3-4,7-10,13-14H2,1-2H3,(H,25,26). The molecule has 0 bridgehead atoms. The number of benzene rings is 1. The van der Waals surface area contributed by atoms with Crippen LogP contribution in [0.15, 0.2) is 24.3 Å². The van der Waals surface area contributed by atoms with Gasteiger partial charge in [0.1, 0.15) is 11.1 Å². The molecule has 3 aliphatic rings.